The number of aromatic nitrogens is 3. The van der Waals surface area contributed by atoms with Crippen LogP contribution in [0.3, 0.4) is 0 Å². The highest BCUT2D eigenvalue weighted by Gasteiger charge is 2.58. The van der Waals surface area contributed by atoms with E-state index in [1.807, 2.05) is 6.92 Å². The molecule has 0 spiro atoms. The Labute approximate surface area is 192 Å². The summed E-state index contributed by atoms with van der Waals surface area (Å²) in [5.74, 6) is -0.742. The van der Waals surface area contributed by atoms with Gasteiger partial charge in [0.2, 0.25) is 0 Å². The summed E-state index contributed by atoms with van der Waals surface area (Å²) < 4.78 is 40.5. The zero-order valence-electron chi connectivity index (χ0n) is 18.8. The van der Waals surface area contributed by atoms with Crippen LogP contribution >= 0.6 is 0 Å². The highest BCUT2D eigenvalue weighted by molar-refractivity contribution is 7.93. The molecule has 2 aliphatic rings. The standard InChI is InChI=1S/C24H26FN5O2S/c1-14-12-28-21-19(29-14)8-9-27-20(21)11-15-4-7-18(25)17(10-15)23(2)13-33(31,32)24(3,16-5-6-16)22(26)30-23/h4,7-10,12,16H,5-6,11,13H2,1-3H3,(H2,26,30)/t23-,24-/m0/s1. The normalized spacial score (nSPS) is 26.8. The zero-order valence-corrected chi connectivity index (χ0v) is 19.7. The molecule has 3 aromatic rings. The van der Waals surface area contributed by atoms with Gasteiger partial charge < -0.3 is 5.73 Å². The first kappa shape index (κ1) is 21.9. The van der Waals surface area contributed by atoms with Gasteiger partial charge in [-0.15, -0.1) is 0 Å². The number of aryl methyl sites for hydroxylation is 1. The third kappa shape index (κ3) is 3.49. The Morgan fingerprint density at radius 2 is 1.94 bits per heavy atom. The van der Waals surface area contributed by atoms with Crippen molar-refractivity contribution in [3.05, 3.63) is 65.0 Å². The van der Waals surface area contributed by atoms with Crippen molar-refractivity contribution in [3.8, 4) is 0 Å². The number of amidine groups is 1. The highest BCUT2D eigenvalue weighted by atomic mass is 32.2. The summed E-state index contributed by atoms with van der Waals surface area (Å²) in [6, 6.07) is 6.49. The van der Waals surface area contributed by atoms with Gasteiger partial charge in [0.15, 0.2) is 9.84 Å². The lowest BCUT2D eigenvalue weighted by Gasteiger charge is -2.40. The number of nitrogens with two attached hydrogens (primary N) is 1. The number of sulfone groups is 1. The fourth-order valence-electron chi connectivity index (χ4n) is 4.83. The van der Waals surface area contributed by atoms with E-state index >= 15 is 4.39 Å². The summed E-state index contributed by atoms with van der Waals surface area (Å²) in [7, 11) is -3.64. The molecule has 172 valence electrons. The summed E-state index contributed by atoms with van der Waals surface area (Å²) in [4.78, 5) is 18.0. The van der Waals surface area contributed by atoms with Gasteiger partial charge in [0.1, 0.15) is 27.5 Å². The van der Waals surface area contributed by atoms with Crippen molar-refractivity contribution in [2.24, 2.45) is 16.6 Å². The number of pyridine rings is 1. The van der Waals surface area contributed by atoms with E-state index in [1.54, 1.807) is 44.4 Å². The Hall–Kier alpha value is -2.94. The first-order valence-electron chi connectivity index (χ1n) is 11.0. The van der Waals surface area contributed by atoms with Crippen molar-refractivity contribution in [2.75, 3.05) is 5.75 Å². The maximum atomic E-state index is 15.0. The molecule has 9 heteroatoms. The second kappa shape index (κ2) is 7.28. The fourth-order valence-corrected chi connectivity index (χ4v) is 7.20. The molecule has 1 aliphatic heterocycles. The second-order valence-electron chi connectivity index (χ2n) is 9.54. The van der Waals surface area contributed by atoms with E-state index < -0.39 is 25.9 Å². The van der Waals surface area contributed by atoms with Crippen molar-refractivity contribution in [3.63, 3.8) is 0 Å². The molecule has 2 N–H and O–H groups in total. The zero-order chi connectivity index (χ0) is 23.6. The molecule has 33 heavy (non-hydrogen) atoms. The molecular formula is C24H26FN5O2S. The van der Waals surface area contributed by atoms with Crippen molar-refractivity contribution in [1.82, 2.24) is 15.0 Å². The lowest BCUT2D eigenvalue weighted by molar-refractivity contribution is 0.463. The number of hydrogen-bond donors (Lipinski definition) is 1. The van der Waals surface area contributed by atoms with Crippen LogP contribution in [0.2, 0.25) is 0 Å². The molecule has 0 radical (unpaired) electrons. The van der Waals surface area contributed by atoms with Crippen LogP contribution in [-0.2, 0) is 21.8 Å². The molecule has 1 fully saturated rings. The maximum absolute atomic E-state index is 15.0. The molecule has 7 nitrogen and oxygen atoms in total. The molecule has 1 saturated carbocycles. The van der Waals surface area contributed by atoms with E-state index in [2.05, 4.69) is 19.9 Å². The molecule has 0 bridgehead atoms. The Bertz CT molecular complexity index is 1420. The minimum atomic E-state index is -3.64. The Kier molecular flexibility index (Phi) is 4.83. The minimum Gasteiger partial charge on any atom is -0.386 e. The summed E-state index contributed by atoms with van der Waals surface area (Å²) in [6.45, 7) is 5.16. The van der Waals surface area contributed by atoms with E-state index in [0.717, 1.165) is 29.6 Å². The van der Waals surface area contributed by atoms with Crippen molar-refractivity contribution < 1.29 is 12.8 Å². The summed E-state index contributed by atoms with van der Waals surface area (Å²) in [5.41, 5.74) is 8.88. The summed E-state index contributed by atoms with van der Waals surface area (Å²) >= 11 is 0. The summed E-state index contributed by atoms with van der Waals surface area (Å²) in [5, 5.41) is 0. The van der Waals surface area contributed by atoms with Crippen LogP contribution in [0.4, 0.5) is 4.39 Å². The van der Waals surface area contributed by atoms with Gasteiger partial charge in [0.05, 0.1) is 22.7 Å². The second-order valence-corrected chi connectivity index (χ2v) is 11.9. The molecule has 3 heterocycles. The predicted molar refractivity (Wildman–Crippen MR) is 125 cm³/mol. The minimum absolute atomic E-state index is 0.0193. The molecule has 0 saturated heterocycles. The molecule has 2 atom stereocenters. The number of hydrogen-bond acceptors (Lipinski definition) is 7. The van der Waals surface area contributed by atoms with Crippen molar-refractivity contribution >= 4 is 26.7 Å². The van der Waals surface area contributed by atoms with Crippen molar-refractivity contribution in [1.29, 1.82) is 0 Å². The van der Waals surface area contributed by atoms with Crippen LogP contribution in [0.1, 0.15) is 49.2 Å². The third-order valence-corrected chi connectivity index (χ3v) is 9.76. The number of fused-ring (bicyclic) bond motifs is 1. The maximum Gasteiger partial charge on any atom is 0.165 e. The fraction of sp³-hybridized carbons (Fsp3) is 0.417. The van der Waals surface area contributed by atoms with E-state index in [0.29, 0.717) is 17.6 Å². The van der Waals surface area contributed by atoms with Gasteiger partial charge in [0.25, 0.3) is 0 Å². The number of rotatable bonds is 4. The Morgan fingerprint density at radius 1 is 1.18 bits per heavy atom. The SMILES string of the molecule is Cc1cnc2c(Cc3ccc(F)c([C@]4(C)CS(=O)(=O)[C@@](C)(C5CC5)C(N)=N4)c3)nccc2n1. The number of aliphatic imine (C=N–C) groups is 1. The molecule has 1 aromatic carbocycles. The van der Waals surface area contributed by atoms with Gasteiger partial charge in [-0.05, 0) is 57.2 Å². The van der Waals surface area contributed by atoms with Crippen LogP contribution in [0.5, 0.6) is 0 Å². The topological polar surface area (TPSA) is 111 Å². The van der Waals surface area contributed by atoms with E-state index in [4.69, 9.17) is 5.73 Å². The van der Waals surface area contributed by atoms with Crippen LogP contribution in [0.15, 0.2) is 41.7 Å². The van der Waals surface area contributed by atoms with E-state index in [1.165, 1.54) is 6.07 Å². The first-order chi connectivity index (χ1) is 15.5. The molecule has 0 unspecified atom stereocenters. The van der Waals surface area contributed by atoms with Crippen LogP contribution in [0.25, 0.3) is 11.0 Å². The quantitative estimate of drug-likeness (QED) is 0.631. The third-order valence-electron chi connectivity index (χ3n) is 6.99. The van der Waals surface area contributed by atoms with Gasteiger partial charge in [-0.3, -0.25) is 15.0 Å². The predicted octanol–water partition coefficient (Wildman–Crippen LogP) is 3.23. The lowest BCUT2D eigenvalue weighted by Crippen LogP contribution is -2.58. The molecule has 2 aromatic heterocycles. The Morgan fingerprint density at radius 3 is 2.64 bits per heavy atom. The Balaban J connectivity index is 1.56. The number of halogens is 1. The molecule has 0 amide bonds. The van der Waals surface area contributed by atoms with Gasteiger partial charge >= 0.3 is 0 Å². The molecule has 1 aliphatic carbocycles. The number of nitrogens with zero attached hydrogens (tertiary/aromatic N) is 4. The smallest absolute Gasteiger partial charge is 0.165 e. The first-order valence-corrected chi connectivity index (χ1v) is 12.6. The van der Waals surface area contributed by atoms with Gasteiger partial charge in [-0.1, -0.05) is 12.1 Å². The van der Waals surface area contributed by atoms with Crippen LogP contribution in [-0.4, -0.2) is 39.7 Å². The van der Waals surface area contributed by atoms with Crippen LogP contribution < -0.4 is 5.73 Å². The largest absolute Gasteiger partial charge is 0.386 e. The molecular weight excluding hydrogens is 441 g/mol. The van der Waals surface area contributed by atoms with Gasteiger partial charge in [0, 0.05) is 24.4 Å². The molecule has 5 rings (SSSR count). The average Bonchev–Trinajstić information content (AvgIpc) is 3.58. The van der Waals surface area contributed by atoms with Crippen molar-refractivity contribution in [2.45, 2.75) is 50.3 Å². The number of benzene rings is 1. The van der Waals surface area contributed by atoms with E-state index in [9.17, 15) is 8.42 Å². The van der Waals surface area contributed by atoms with E-state index in [-0.39, 0.29) is 23.1 Å². The van der Waals surface area contributed by atoms with Crippen LogP contribution in [0, 0.1) is 18.7 Å². The van der Waals surface area contributed by atoms with Gasteiger partial charge in [-0.2, -0.15) is 0 Å². The summed E-state index contributed by atoms with van der Waals surface area (Å²) in [6.07, 6.45) is 5.38. The average molecular weight is 468 g/mol. The monoisotopic (exact) mass is 467 g/mol. The lowest BCUT2D eigenvalue weighted by atomic mass is 9.90. The van der Waals surface area contributed by atoms with Gasteiger partial charge in [-0.25, -0.2) is 17.8 Å². The highest BCUT2D eigenvalue weighted by Crippen LogP contribution is 2.49.